The number of nitrogens with zero attached hydrogens (tertiary/aromatic N) is 1. The third-order valence-electron chi connectivity index (χ3n) is 5.41. The van der Waals surface area contributed by atoms with Crippen molar-refractivity contribution < 1.29 is 22.7 Å². The molecule has 0 aromatic heterocycles. The summed E-state index contributed by atoms with van der Waals surface area (Å²) >= 11 is 0. The summed E-state index contributed by atoms with van der Waals surface area (Å²) in [6, 6.07) is 13.7. The lowest BCUT2D eigenvalue weighted by molar-refractivity contribution is -0.116. The van der Waals surface area contributed by atoms with Gasteiger partial charge in [-0.05, 0) is 68.8 Å². The number of methoxy groups -OCH3 is 1. The third kappa shape index (κ3) is 3.21. The number of ether oxygens (including phenoxy) is 2. The van der Waals surface area contributed by atoms with Gasteiger partial charge in [0.1, 0.15) is 11.5 Å². The molecule has 29 heavy (non-hydrogen) atoms. The van der Waals surface area contributed by atoms with Gasteiger partial charge >= 0.3 is 0 Å². The molecule has 2 unspecified atom stereocenters. The summed E-state index contributed by atoms with van der Waals surface area (Å²) < 4.78 is 37.1. The molecule has 1 saturated heterocycles. The van der Waals surface area contributed by atoms with Crippen LogP contribution in [0.2, 0.25) is 0 Å². The maximum atomic E-state index is 13.2. The minimum absolute atomic E-state index is 0.0501. The molecule has 0 radical (unpaired) electrons. The molecule has 1 N–H and O–H groups in total. The lowest BCUT2D eigenvalue weighted by Crippen LogP contribution is -2.42. The Hall–Kier alpha value is -2.74. The Morgan fingerprint density at radius 3 is 2.31 bits per heavy atom. The Morgan fingerprint density at radius 1 is 1.10 bits per heavy atom. The average Bonchev–Trinajstić information content (AvgIpc) is 3.38. The van der Waals surface area contributed by atoms with E-state index in [1.54, 1.807) is 55.6 Å². The molecule has 2 fully saturated rings. The van der Waals surface area contributed by atoms with Gasteiger partial charge in [-0.15, -0.1) is 0 Å². The van der Waals surface area contributed by atoms with E-state index in [1.165, 1.54) is 4.31 Å². The van der Waals surface area contributed by atoms with Crippen LogP contribution in [0.3, 0.4) is 0 Å². The van der Waals surface area contributed by atoms with Gasteiger partial charge in [0, 0.05) is 18.2 Å². The first-order chi connectivity index (χ1) is 13.8. The number of amides is 1. The van der Waals surface area contributed by atoms with E-state index in [4.69, 9.17) is 9.47 Å². The number of benzene rings is 2. The van der Waals surface area contributed by atoms with E-state index in [0.717, 1.165) is 0 Å². The maximum absolute atomic E-state index is 13.2. The number of fused-ring (bicyclic) bond motifs is 1. The summed E-state index contributed by atoms with van der Waals surface area (Å²) in [7, 11) is -2.26. The number of anilines is 2. The number of rotatable bonds is 6. The summed E-state index contributed by atoms with van der Waals surface area (Å²) in [6.45, 7) is 4.17. The highest BCUT2D eigenvalue weighted by Gasteiger charge is 2.75. The van der Waals surface area contributed by atoms with Crippen LogP contribution in [-0.2, 0) is 14.8 Å². The molecule has 2 aromatic rings. The molecular weight excluding hydrogens is 392 g/mol. The van der Waals surface area contributed by atoms with Gasteiger partial charge in [0.05, 0.1) is 18.9 Å². The average molecular weight is 416 g/mol. The van der Waals surface area contributed by atoms with Gasteiger partial charge in [-0.25, -0.2) is 8.42 Å². The predicted octanol–water partition coefficient (Wildman–Crippen LogP) is 3.03. The van der Waals surface area contributed by atoms with Crippen LogP contribution < -0.4 is 19.1 Å². The minimum atomic E-state index is -3.81. The highest BCUT2D eigenvalue weighted by molar-refractivity contribution is 7.95. The number of carbonyl (C=O) groups excluding carboxylic acids is 1. The predicted molar refractivity (Wildman–Crippen MR) is 111 cm³/mol. The molecule has 8 heteroatoms. The van der Waals surface area contributed by atoms with E-state index in [2.05, 4.69) is 5.32 Å². The van der Waals surface area contributed by atoms with Crippen molar-refractivity contribution in [1.29, 1.82) is 0 Å². The van der Waals surface area contributed by atoms with Gasteiger partial charge < -0.3 is 14.8 Å². The molecule has 2 atom stereocenters. The van der Waals surface area contributed by atoms with Crippen LogP contribution in [0.15, 0.2) is 48.5 Å². The van der Waals surface area contributed by atoms with Gasteiger partial charge in [-0.3, -0.25) is 9.10 Å². The van der Waals surface area contributed by atoms with Crippen molar-refractivity contribution in [1.82, 2.24) is 0 Å². The fourth-order valence-corrected chi connectivity index (χ4v) is 6.21. The Morgan fingerprint density at radius 2 is 1.72 bits per heavy atom. The zero-order valence-corrected chi connectivity index (χ0v) is 17.4. The molecule has 2 aliphatic rings. The highest BCUT2D eigenvalue weighted by atomic mass is 32.2. The summed E-state index contributed by atoms with van der Waals surface area (Å²) in [6.07, 6.45) is 0.400. The highest BCUT2D eigenvalue weighted by Crippen LogP contribution is 2.58. The molecule has 154 valence electrons. The summed E-state index contributed by atoms with van der Waals surface area (Å²) in [5, 5.41) is 2.77. The summed E-state index contributed by atoms with van der Waals surface area (Å²) in [4.78, 5) is 13.0. The van der Waals surface area contributed by atoms with Crippen LogP contribution in [0.25, 0.3) is 0 Å². The summed E-state index contributed by atoms with van der Waals surface area (Å²) in [5.41, 5.74) is 1.09. The van der Waals surface area contributed by atoms with Crippen molar-refractivity contribution >= 4 is 27.3 Å². The minimum Gasteiger partial charge on any atom is -0.497 e. The second kappa shape index (κ2) is 6.95. The Labute approximate surface area is 170 Å². The molecule has 1 amide bonds. The fourth-order valence-electron chi connectivity index (χ4n) is 3.84. The fraction of sp³-hybridized carbons (Fsp3) is 0.381. The Kier molecular flexibility index (Phi) is 4.69. The van der Waals surface area contributed by atoms with Crippen LogP contribution in [0, 0.1) is 5.92 Å². The third-order valence-corrected chi connectivity index (χ3v) is 7.96. The lowest BCUT2D eigenvalue weighted by Gasteiger charge is -2.23. The first kappa shape index (κ1) is 19.6. The maximum Gasteiger partial charge on any atom is 0.250 e. The largest absolute Gasteiger partial charge is 0.497 e. The number of carbonyl (C=O) groups is 1. The van der Waals surface area contributed by atoms with E-state index in [1.807, 2.05) is 13.8 Å². The van der Waals surface area contributed by atoms with Gasteiger partial charge in [-0.1, -0.05) is 0 Å². The number of sulfonamides is 1. The van der Waals surface area contributed by atoms with E-state index in [-0.39, 0.29) is 12.0 Å². The molecular formula is C21H24N2O5S. The normalized spacial score (nSPS) is 24.1. The molecule has 2 aromatic carbocycles. The second-order valence-electron chi connectivity index (χ2n) is 7.67. The van der Waals surface area contributed by atoms with Crippen LogP contribution in [0.4, 0.5) is 11.4 Å². The molecule has 0 spiro atoms. The number of hydrogen-bond donors (Lipinski definition) is 1. The SMILES string of the molecule is COc1ccc(N2CC3CC3(C(=O)Nc3ccc(OC(C)C)cc3)S2(=O)=O)cc1. The molecule has 1 heterocycles. The van der Waals surface area contributed by atoms with Crippen molar-refractivity contribution in [3.05, 3.63) is 48.5 Å². The smallest absolute Gasteiger partial charge is 0.250 e. The van der Waals surface area contributed by atoms with Crippen LogP contribution >= 0.6 is 0 Å². The van der Waals surface area contributed by atoms with Crippen molar-refractivity contribution in [2.75, 3.05) is 23.3 Å². The van der Waals surface area contributed by atoms with Crippen LogP contribution in [0.1, 0.15) is 20.3 Å². The molecule has 7 nitrogen and oxygen atoms in total. The van der Waals surface area contributed by atoms with Crippen molar-refractivity contribution in [3.8, 4) is 11.5 Å². The first-order valence-corrected chi connectivity index (χ1v) is 11.0. The van der Waals surface area contributed by atoms with Crippen molar-refractivity contribution in [3.63, 3.8) is 0 Å². The van der Waals surface area contributed by atoms with Crippen molar-refractivity contribution in [2.24, 2.45) is 5.92 Å². The van der Waals surface area contributed by atoms with Gasteiger partial charge in [0.15, 0.2) is 4.75 Å². The number of hydrogen-bond acceptors (Lipinski definition) is 5. The molecule has 1 aliphatic carbocycles. The van der Waals surface area contributed by atoms with Crippen LogP contribution in [-0.4, -0.2) is 38.8 Å². The van der Waals surface area contributed by atoms with Crippen LogP contribution in [0.5, 0.6) is 11.5 Å². The topological polar surface area (TPSA) is 84.9 Å². The standard InChI is InChI=1S/C21H24N2O5S/c1-14(2)28-19-8-4-16(5-9-19)22-20(24)21-12-15(21)13-23(29(21,25)26)17-6-10-18(27-3)11-7-17/h4-11,14-15H,12-13H2,1-3H3,(H,22,24). The second-order valence-corrected chi connectivity index (χ2v) is 9.79. The lowest BCUT2D eigenvalue weighted by atomic mass is 10.2. The first-order valence-electron chi connectivity index (χ1n) is 9.52. The van der Waals surface area contributed by atoms with Gasteiger partial charge in [0.2, 0.25) is 15.9 Å². The molecule has 4 rings (SSSR count). The Bertz CT molecular complexity index is 1020. The Balaban J connectivity index is 1.52. The zero-order valence-electron chi connectivity index (χ0n) is 16.6. The molecule has 0 bridgehead atoms. The van der Waals surface area contributed by atoms with E-state index in [0.29, 0.717) is 35.8 Å². The van der Waals surface area contributed by atoms with E-state index >= 15 is 0 Å². The summed E-state index contributed by atoms with van der Waals surface area (Å²) in [5.74, 6) is 0.654. The number of nitrogens with one attached hydrogen (secondary N) is 1. The van der Waals surface area contributed by atoms with Gasteiger partial charge in [-0.2, -0.15) is 0 Å². The molecule has 1 aliphatic heterocycles. The molecule has 1 saturated carbocycles. The monoisotopic (exact) mass is 416 g/mol. The van der Waals surface area contributed by atoms with Gasteiger partial charge in [0.25, 0.3) is 0 Å². The zero-order chi connectivity index (χ0) is 20.8. The van der Waals surface area contributed by atoms with E-state index < -0.39 is 20.7 Å². The van der Waals surface area contributed by atoms with Crippen molar-refractivity contribution in [2.45, 2.75) is 31.1 Å². The van der Waals surface area contributed by atoms with E-state index in [9.17, 15) is 13.2 Å². The quantitative estimate of drug-likeness (QED) is 0.782.